The molecule has 1 aliphatic heterocycles. The molecule has 1 aromatic rings. The van der Waals surface area contributed by atoms with Gasteiger partial charge in [0.05, 0.1) is 12.2 Å². The fourth-order valence-corrected chi connectivity index (χ4v) is 2.71. The minimum Gasteiger partial charge on any atom is -0.326 e. The number of hydrogen-bond donors (Lipinski definition) is 2. The monoisotopic (exact) mass is 311 g/mol. The van der Waals surface area contributed by atoms with Crippen LogP contribution in [0.2, 0.25) is 0 Å². The van der Waals surface area contributed by atoms with E-state index in [9.17, 15) is 4.79 Å². The molecule has 1 saturated heterocycles. The summed E-state index contributed by atoms with van der Waals surface area (Å²) in [4.78, 5) is 14.0. The lowest BCUT2D eigenvalue weighted by atomic mass is 10.2. The van der Waals surface area contributed by atoms with Crippen LogP contribution in [-0.4, -0.2) is 36.5 Å². The van der Waals surface area contributed by atoms with Gasteiger partial charge in [0.15, 0.2) is 0 Å². The molecular weight excluding hydrogens is 294 g/mol. The van der Waals surface area contributed by atoms with Crippen LogP contribution in [0.3, 0.4) is 0 Å². The lowest BCUT2D eigenvalue weighted by Crippen LogP contribution is -2.33. The third kappa shape index (κ3) is 3.54. The topological polar surface area (TPSA) is 58.4 Å². The van der Waals surface area contributed by atoms with Crippen LogP contribution < -0.4 is 11.1 Å². The molecule has 0 saturated carbocycles. The van der Waals surface area contributed by atoms with E-state index >= 15 is 0 Å². The Bertz CT molecular complexity index is 450. The molecule has 4 nitrogen and oxygen atoms in total. The van der Waals surface area contributed by atoms with Crippen molar-refractivity contribution in [3.05, 3.63) is 28.2 Å². The highest BCUT2D eigenvalue weighted by Crippen LogP contribution is 2.23. The number of halogens is 1. The highest BCUT2D eigenvalue weighted by Gasteiger charge is 2.21. The molecule has 1 aliphatic rings. The SMILES string of the molecule is Cc1ccc(NC(=O)CN2CC[C@H](N)C2)c(Br)c1. The molecule has 1 atom stereocenters. The van der Waals surface area contributed by atoms with Crippen molar-refractivity contribution in [3.63, 3.8) is 0 Å². The molecule has 18 heavy (non-hydrogen) atoms. The second kappa shape index (κ2) is 5.82. The zero-order valence-electron chi connectivity index (χ0n) is 10.4. The largest absolute Gasteiger partial charge is 0.326 e. The number of rotatable bonds is 3. The van der Waals surface area contributed by atoms with Gasteiger partial charge in [0.1, 0.15) is 0 Å². The van der Waals surface area contributed by atoms with Crippen molar-refractivity contribution >= 4 is 27.5 Å². The number of carbonyl (C=O) groups is 1. The number of nitrogens with zero attached hydrogens (tertiary/aromatic N) is 1. The van der Waals surface area contributed by atoms with E-state index in [1.54, 1.807) is 0 Å². The van der Waals surface area contributed by atoms with E-state index in [4.69, 9.17) is 5.73 Å². The molecule has 1 heterocycles. The summed E-state index contributed by atoms with van der Waals surface area (Å²) in [5, 5.41) is 2.91. The van der Waals surface area contributed by atoms with Gasteiger partial charge in [0.2, 0.25) is 5.91 Å². The summed E-state index contributed by atoms with van der Waals surface area (Å²) in [7, 11) is 0. The average Bonchev–Trinajstić information content (AvgIpc) is 2.68. The Labute approximate surface area is 116 Å². The van der Waals surface area contributed by atoms with Crippen molar-refractivity contribution in [2.45, 2.75) is 19.4 Å². The van der Waals surface area contributed by atoms with E-state index in [-0.39, 0.29) is 11.9 Å². The number of aryl methyl sites for hydroxylation is 1. The minimum atomic E-state index is 0.00801. The van der Waals surface area contributed by atoms with Crippen LogP contribution in [0.25, 0.3) is 0 Å². The Hall–Kier alpha value is -0.910. The van der Waals surface area contributed by atoms with E-state index in [1.165, 1.54) is 0 Å². The Morgan fingerprint density at radius 3 is 3.00 bits per heavy atom. The van der Waals surface area contributed by atoms with Crippen LogP contribution in [-0.2, 0) is 4.79 Å². The smallest absolute Gasteiger partial charge is 0.238 e. The van der Waals surface area contributed by atoms with E-state index in [0.717, 1.165) is 35.2 Å². The molecule has 1 aromatic carbocycles. The predicted molar refractivity (Wildman–Crippen MR) is 76.5 cm³/mol. The molecule has 2 rings (SSSR count). The molecule has 0 aliphatic carbocycles. The number of carbonyl (C=O) groups excluding carboxylic acids is 1. The molecule has 1 amide bonds. The van der Waals surface area contributed by atoms with Gasteiger partial charge in [-0.15, -0.1) is 0 Å². The van der Waals surface area contributed by atoms with Crippen molar-refractivity contribution in [2.24, 2.45) is 5.73 Å². The van der Waals surface area contributed by atoms with Crippen LogP contribution in [0.5, 0.6) is 0 Å². The maximum atomic E-state index is 11.9. The lowest BCUT2D eigenvalue weighted by molar-refractivity contribution is -0.117. The van der Waals surface area contributed by atoms with Gasteiger partial charge in [0, 0.05) is 23.6 Å². The Morgan fingerprint density at radius 2 is 2.39 bits per heavy atom. The highest BCUT2D eigenvalue weighted by atomic mass is 79.9. The third-order valence-electron chi connectivity index (χ3n) is 3.07. The summed E-state index contributed by atoms with van der Waals surface area (Å²) in [6, 6.07) is 6.09. The summed E-state index contributed by atoms with van der Waals surface area (Å²) in [5.74, 6) is 0.00801. The number of anilines is 1. The number of likely N-dealkylation sites (tertiary alicyclic amines) is 1. The zero-order chi connectivity index (χ0) is 13.1. The molecule has 5 heteroatoms. The van der Waals surface area contributed by atoms with Gasteiger partial charge < -0.3 is 11.1 Å². The predicted octanol–water partition coefficient (Wildman–Crippen LogP) is 1.73. The normalized spacial score (nSPS) is 20.1. The maximum Gasteiger partial charge on any atom is 0.238 e. The first-order chi connectivity index (χ1) is 8.54. The molecule has 0 aromatic heterocycles. The maximum absolute atomic E-state index is 11.9. The van der Waals surface area contributed by atoms with E-state index in [2.05, 4.69) is 26.1 Å². The van der Waals surface area contributed by atoms with Crippen molar-refractivity contribution in [3.8, 4) is 0 Å². The van der Waals surface area contributed by atoms with Crippen molar-refractivity contribution in [2.75, 3.05) is 25.0 Å². The van der Waals surface area contributed by atoms with Crippen molar-refractivity contribution in [1.29, 1.82) is 0 Å². The summed E-state index contributed by atoms with van der Waals surface area (Å²) in [6.07, 6.45) is 0.974. The number of nitrogens with two attached hydrogens (primary N) is 1. The summed E-state index contributed by atoms with van der Waals surface area (Å²) < 4.78 is 0.911. The molecule has 0 radical (unpaired) electrons. The molecule has 0 bridgehead atoms. The van der Waals surface area contributed by atoms with Crippen LogP contribution in [0, 0.1) is 6.92 Å². The quantitative estimate of drug-likeness (QED) is 0.894. The Kier molecular flexibility index (Phi) is 4.37. The second-order valence-electron chi connectivity index (χ2n) is 4.82. The van der Waals surface area contributed by atoms with E-state index in [1.807, 2.05) is 25.1 Å². The summed E-state index contributed by atoms with van der Waals surface area (Å²) in [5.41, 5.74) is 7.79. The van der Waals surface area contributed by atoms with Crippen LogP contribution in [0.1, 0.15) is 12.0 Å². The Balaban J connectivity index is 1.91. The molecule has 3 N–H and O–H groups in total. The first kappa shape index (κ1) is 13.5. The fourth-order valence-electron chi connectivity index (χ4n) is 2.12. The summed E-state index contributed by atoms with van der Waals surface area (Å²) >= 11 is 3.45. The highest BCUT2D eigenvalue weighted by molar-refractivity contribution is 9.10. The molecule has 0 unspecified atom stereocenters. The average molecular weight is 312 g/mol. The second-order valence-corrected chi connectivity index (χ2v) is 5.67. The van der Waals surface area contributed by atoms with E-state index in [0.29, 0.717) is 6.54 Å². The summed E-state index contributed by atoms with van der Waals surface area (Å²) in [6.45, 7) is 4.14. The first-order valence-electron chi connectivity index (χ1n) is 6.08. The molecule has 98 valence electrons. The standard InChI is InChI=1S/C13H18BrN3O/c1-9-2-3-12(11(14)6-9)16-13(18)8-17-5-4-10(15)7-17/h2-3,6,10H,4-5,7-8,15H2,1H3,(H,16,18)/t10-/m0/s1. The minimum absolute atomic E-state index is 0.00801. The number of hydrogen-bond acceptors (Lipinski definition) is 3. The lowest BCUT2D eigenvalue weighted by Gasteiger charge is -2.15. The van der Waals surface area contributed by atoms with Gasteiger partial charge in [0.25, 0.3) is 0 Å². The van der Waals surface area contributed by atoms with Crippen molar-refractivity contribution < 1.29 is 4.79 Å². The van der Waals surface area contributed by atoms with Crippen molar-refractivity contribution in [1.82, 2.24) is 4.90 Å². The van der Waals surface area contributed by atoms with Gasteiger partial charge in [-0.05, 0) is 47.0 Å². The number of benzene rings is 1. The fraction of sp³-hybridized carbons (Fsp3) is 0.462. The number of amides is 1. The van der Waals surface area contributed by atoms with Crippen LogP contribution in [0.4, 0.5) is 5.69 Å². The zero-order valence-corrected chi connectivity index (χ0v) is 12.0. The van der Waals surface area contributed by atoms with Gasteiger partial charge in [-0.3, -0.25) is 9.69 Å². The third-order valence-corrected chi connectivity index (χ3v) is 3.73. The van der Waals surface area contributed by atoms with E-state index < -0.39 is 0 Å². The van der Waals surface area contributed by atoms with Gasteiger partial charge in [-0.1, -0.05) is 6.07 Å². The molecule has 0 spiro atoms. The first-order valence-corrected chi connectivity index (χ1v) is 6.88. The Morgan fingerprint density at radius 1 is 1.61 bits per heavy atom. The van der Waals surface area contributed by atoms with Crippen LogP contribution >= 0.6 is 15.9 Å². The van der Waals surface area contributed by atoms with Crippen LogP contribution in [0.15, 0.2) is 22.7 Å². The van der Waals surface area contributed by atoms with Gasteiger partial charge in [-0.2, -0.15) is 0 Å². The van der Waals surface area contributed by atoms with Gasteiger partial charge >= 0.3 is 0 Å². The number of nitrogens with one attached hydrogen (secondary N) is 1. The molecule has 1 fully saturated rings. The van der Waals surface area contributed by atoms with Gasteiger partial charge in [-0.25, -0.2) is 0 Å². The molecular formula is C13H18BrN3O.